The molecule has 4 N–H and O–H groups in total. The molecule has 0 saturated heterocycles. The highest BCUT2D eigenvalue weighted by Gasteiger charge is 2.59. The van der Waals surface area contributed by atoms with Crippen molar-refractivity contribution in [3.63, 3.8) is 0 Å². The van der Waals surface area contributed by atoms with E-state index in [1.165, 1.54) is 103 Å². The van der Waals surface area contributed by atoms with Crippen LogP contribution in [0.2, 0.25) is 0 Å². The lowest BCUT2D eigenvalue weighted by Crippen LogP contribution is -2.54. The van der Waals surface area contributed by atoms with Crippen LogP contribution in [-0.4, -0.2) is 82.2 Å². The first kappa shape index (κ1) is 59.9. The number of hydrogen-bond acceptors (Lipinski definition) is 11. The molecule has 1 aliphatic heterocycles. The van der Waals surface area contributed by atoms with Crippen LogP contribution in [0.3, 0.4) is 0 Å². The lowest BCUT2D eigenvalue weighted by Gasteiger charge is -2.58. The van der Waals surface area contributed by atoms with Crippen LogP contribution in [0.4, 0.5) is 8.78 Å². The van der Waals surface area contributed by atoms with E-state index in [1.54, 1.807) is 18.6 Å². The van der Waals surface area contributed by atoms with Crippen molar-refractivity contribution >= 4 is 40.6 Å². The average Bonchev–Trinajstić information content (AvgIpc) is 3.97. The number of allylic oxidation sites excluding steroid dienone is 1. The summed E-state index contributed by atoms with van der Waals surface area (Å²) >= 11 is 0. The summed E-state index contributed by atoms with van der Waals surface area (Å²) in [7, 11) is 3.73. The molecule has 3 amide bonds. The number of carbonyl (C=O) groups excluding carboxylic acids is 5. The second-order valence-electron chi connectivity index (χ2n) is 24.4. The summed E-state index contributed by atoms with van der Waals surface area (Å²) in [5.74, 6) is -0.264. The Balaban J connectivity index is 0.882. The first-order chi connectivity index (χ1) is 38.2. The summed E-state index contributed by atoms with van der Waals surface area (Å²) in [6.07, 6.45) is 16.6. The highest BCUT2D eigenvalue weighted by atomic mass is 19.1. The molecule has 434 valence electrons. The molecule has 14 nitrogen and oxygen atoms in total. The van der Waals surface area contributed by atoms with Crippen molar-refractivity contribution in [3.8, 4) is 28.2 Å². The van der Waals surface area contributed by atoms with E-state index < -0.39 is 58.8 Å². The number of carbonyl (C=O) groups is 5. The van der Waals surface area contributed by atoms with E-state index in [2.05, 4.69) is 62.0 Å². The number of aryl methyl sites for hydroxylation is 1. The Morgan fingerprint density at radius 2 is 1.49 bits per heavy atom. The van der Waals surface area contributed by atoms with Crippen LogP contribution in [0.25, 0.3) is 33.4 Å². The van der Waals surface area contributed by atoms with E-state index in [0.717, 1.165) is 60.5 Å². The molecule has 2 aromatic rings. The van der Waals surface area contributed by atoms with Crippen molar-refractivity contribution in [2.24, 2.45) is 46.3 Å². The topological polar surface area (TPSA) is 191 Å². The molecule has 8 rings (SSSR count). The molecule has 0 radical (unpaired) electrons. The summed E-state index contributed by atoms with van der Waals surface area (Å²) in [6.45, 7) is 15.1. The third kappa shape index (κ3) is 13.0. The number of halogens is 2. The van der Waals surface area contributed by atoms with Crippen LogP contribution in [0.15, 0.2) is 63.3 Å². The van der Waals surface area contributed by atoms with Gasteiger partial charge in [0.2, 0.25) is 17.2 Å². The van der Waals surface area contributed by atoms with Crippen molar-refractivity contribution in [2.45, 2.75) is 162 Å². The Labute approximate surface area is 470 Å². The molecule has 6 aliphatic rings. The number of ether oxygens (including phenoxy) is 3. The van der Waals surface area contributed by atoms with Gasteiger partial charge >= 0.3 is 11.9 Å². The number of amides is 3. The van der Waals surface area contributed by atoms with E-state index >= 15 is 4.39 Å². The normalized spacial score (nSPS) is 24.4. The van der Waals surface area contributed by atoms with Crippen molar-refractivity contribution in [2.75, 3.05) is 34.4 Å². The highest BCUT2D eigenvalue weighted by Crippen LogP contribution is 2.67. The van der Waals surface area contributed by atoms with Gasteiger partial charge in [-0.25, -0.2) is 8.78 Å². The molecule has 3 saturated carbocycles. The second-order valence-corrected chi connectivity index (χ2v) is 24.4. The lowest BCUT2D eigenvalue weighted by molar-refractivity contribution is -0.142. The monoisotopic (exact) mass is 1110 g/mol. The van der Waals surface area contributed by atoms with E-state index in [0.29, 0.717) is 47.7 Å². The summed E-state index contributed by atoms with van der Waals surface area (Å²) in [6, 6.07) is 6.94. The number of benzene rings is 3. The molecule has 2 aromatic carbocycles. The fourth-order valence-corrected chi connectivity index (χ4v) is 14.8. The van der Waals surface area contributed by atoms with Crippen LogP contribution in [0.5, 0.6) is 5.75 Å². The van der Waals surface area contributed by atoms with Gasteiger partial charge in [0.25, 0.3) is 5.91 Å². The Hall–Kier alpha value is -6.16. The molecule has 16 heteroatoms. The highest BCUT2D eigenvalue weighted by molar-refractivity contribution is 6.04. The predicted octanol–water partition coefficient (Wildman–Crippen LogP) is 11.2. The second kappa shape index (κ2) is 25.7. The van der Waals surface area contributed by atoms with Gasteiger partial charge in [-0.1, -0.05) is 71.6 Å². The summed E-state index contributed by atoms with van der Waals surface area (Å²) in [5.41, 5.74) is 3.15. The maximum Gasteiger partial charge on any atom is 0.305 e. The quantitative estimate of drug-likeness (QED) is 0.0239. The zero-order valence-electron chi connectivity index (χ0n) is 48.4. The van der Waals surface area contributed by atoms with Crippen molar-refractivity contribution in [1.29, 1.82) is 0 Å². The maximum absolute atomic E-state index is 15.2. The van der Waals surface area contributed by atoms with E-state index in [-0.39, 0.29) is 64.7 Å². The number of rotatable bonds is 23. The van der Waals surface area contributed by atoms with Crippen molar-refractivity contribution in [1.82, 2.24) is 21.3 Å². The Kier molecular flexibility index (Phi) is 19.3. The first-order valence-corrected chi connectivity index (χ1v) is 29.2. The molecule has 1 heterocycles. The molecule has 80 heavy (non-hydrogen) atoms. The number of fused-ring (bicyclic) bond motifs is 7. The van der Waals surface area contributed by atoms with Gasteiger partial charge < -0.3 is 39.9 Å². The molecule has 3 fully saturated rings. The van der Waals surface area contributed by atoms with E-state index in [1.807, 2.05) is 0 Å². The third-order valence-corrected chi connectivity index (χ3v) is 19.2. The van der Waals surface area contributed by atoms with Gasteiger partial charge in [-0.2, -0.15) is 0 Å². The smallest absolute Gasteiger partial charge is 0.305 e. The molecular weight excluding hydrogens is 1020 g/mol. The van der Waals surface area contributed by atoms with Crippen LogP contribution < -0.4 is 31.4 Å². The summed E-state index contributed by atoms with van der Waals surface area (Å²) in [5, 5.41) is 12.4. The zero-order chi connectivity index (χ0) is 57.6. The van der Waals surface area contributed by atoms with Gasteiger partial charge in [-0.05, 0) is 166 Å². The number of methoxy groups -OCH3 is 3. The summed E-state index contributed by atoms with van der Waals surface area (Å²) in [4.78, 5) is 79.0. The molecule has 0 spiro atoms. The van der Waals surface area contributed by atoms with Crippen molar-refractivity contribution < 1.29 is 51.4 Å². The van der Waals surface area contributed by atoms with Gasteiger partial charge in [0.05, 0.1) is 21.3 Å². The fourth-order valence-electron chi connectivity index (χ4n) is 14.8. The first-order valence-electron chi connectivity index (χ1n) is 29.2. The van der Waals surface area contributed by atoms with Gasteiger partial charge in [0.1, 0.15) is 23.4 Å². The molecule has 5 aliphatic carbocycles. The largest absolute Gasteiger partial charge is 0.494 e. The van der Waals surface area contributed by atoms with Gasteiger partial charge in [-0.15, -0.1) is 0 Å². The molecular formula is C64H84F2N4O10. The maximum atomic E-state index is 15.2. The number of hydrogen-bond donors (Lipinski definition) is 4. The zero-order valence-corrected chi connectivity index (χ0v) is 48.4. The Bertz CT molecular complexity index is 2990. The summed E-state index contributed by atoms with van der Waals surface area (Å²) < 4.78 is 50.8. The molecule has 0 bridgehead atoms. The van der Waals surface area contributed by atoms with Gasteiger partial charge in [-0.3, -0.25) is 28.8 Å². The molecule has 10 atom stereocenters. The van der Waals surface area contributed by atoms with E-state index in [4.69, 9.17) is 18.6 Å². The standard InChI is InChI=1S/C64H84F2N4O10/c1-36(2)12-10-13-37(3)46-18-19-47-43-17-15-40-31-41(24-26-63(40,5)48(43)25-27-64(46,47)6)67-28-11-29-68-61(75)51(20-22-57(72)78-8)70-62(76)52(21-23-58(73)79-9)69-60(74)39-14-16-42(38(4)30-39)59-44-32-49(65)53(71)34-54(44)80-55-35-56(77-7)50(66)33-45(55)59/h14-16,30,32-37,41,43,46-48,51-52,67H,10-13,17-29,31H2,1-9H3,(H,68,75)(H,69,74)(H,70,76)/t37-,41+,43?,46?,47?,48?,51+,52+,63+,64-/m1/s1. The van der Waals surface area contributed by atoms with Crippen LogP contribution in [0.1, 0.15) is 153 Å². The van der Waals surface area contributed by atoms with Crippen LogP contribution in [0, 0.1) is 64.9 Å². The lowest BCUT2D eigenvalue weighted by atomic mass is 9.47. The molecule has 0 aromatic heterocycles. The number of esters is 2. The van der Waals surface area contributed by atoms with Crippen molar-refractivity contribution in [3.05, 3.63) is 87.1 Å². The SMILES string of the molecule is COC(=O)CC[C@H](NC(=O)c1ccc(-c2c3cc(F)c(=O)cc-3oc3cc(OC)c(F)cc23)c(C)c1)C(=O)N[C@@H](CCC(=O)OC)C(=O)NCCCN[C@H]1CC[C@@]2(C)C(=CCC3C4CCC([C@H](C)CCCC(C)C)[C@@]4(C)CCC32)C1. The van der Waals surface area contributed by atoms with Gasteiger partial charge in [0.15, 0.2) is 17.4 Å². The average molecular weight is 1110 g/mol. The minimum absolute atomic E-state index is 0.0429. The minimum atomic E-state index is -1.33. The fraction of sp³-hybridized carbons (Fsp3) is 0.594. The molecule has 4 unspecified atom stereocenters. The third-order valence-electron chi connectivity index (χ3n) is 19.2. The van der Waals surface area contributed by atoms with Crippen LogP contribution in [-0.2, 0) is 28.7 Å². The minimum Gasteiger partial charge on any atom is -0.494 e. The Morgan fingerprint density at radius 1 is 0.762 bits per heavy atom. The number of nitrogens with one attached hydrogen (secondary N) is 4. The van der Waals surface area contributed by atoms with Crippen LogP contribution >= 0.6 is 0 Å². The Morgan fingerprint density at radius 3 is 2.17 bits per heavy atom. The van der Waals surface area contributed by atoms with E-state index in [9.17, 15) is 33.2 Å². The van der Waals surface area contributed by atoms with Gasteiger partial charge in [0, 0.05) is 59.6 Å². The predicted molar refractivity (Wildman–Crippen MR) is 304 cm³/mol.